The number of pyridine rings is 1. The Morgan fingerprint density at radius 1 is 1.15 bits per heavy atom. The number of hydrogen-bond acceptors (Lipinski definition) is 5. The fourth-order valence-corrected chi connectivity index (χ4v) is 2.09. The second-order valence-corrected chi connectivity index (χ2v) is 5.85. The second kappa shape index (κ2) is 12.4. The highest BCUT2D eigenvalue weighted by Gasteiger charge is 2.16. The minimum Gasteiger partial charge on any atom is -0.490 e. The van der Waals surface area contributed by atoms with Crippen LogP contribution in [0.5, 0.6) is 17.4 Å². The van der Waals surface area contributed by atoms with E-state index in [0.717, 1.165) is 5.56 Å². The van der Waals surface area contributed by atoms with Gasteiger partial charge in [0.05, 0.1) is 6.61 Å². The van der Waals surface area contributed by atoms with Crippen molar-refractivity contribution in [2.75, 3.05) is 6.61 Å². The van der Waals surface area contributed by atoms with E-state index in [0.29, 0.717) is 30.5 Å². The molecule has 0 bridgehead atoms. The molecule has 8 heteroatoms. The van der Waals surface area contributed by atoms with Gasteiger partial charge in [-0.2, -0.15) is 0 Å². The van der Waals surface area contributed by atoms with Crippen LogP contribution in [0.1, 0.15) is 26.3 Å². The molecule has 0 saturated heterocycles. The minimum atomic E-state index is -0.231. The van der Waals surface area contributed by atoms with Crippen LogP contribution in [0.3, 0.4) is 0 Å². The molecule has 0 aliphatic carbocycles. The van der Waals surface area contributed by atoms with E-state index < -0.39 is 0 Å². The second-order valence-electron chi connectivity index (χ2n) is 5.85. The zero-order valence-electron chi connectivity index (χ0n) is 15.7. The topological polar surface area (TPSA) is 86.5 Å². The van der Waals surface area contributed by atoms with Crippen LogP contribution in [-0.4, -0.2) is 23.5 Å². The molecule has 27 heavy (non-hydrogen) atoms. The molecule has 0 aliphatic heterocycles. The Bertz CT molecular complexity index is 697. The van der Waals surface area contributed by atoms with Gasteiger partial charge in [0.1, 0.15) is 0 Å². The predicted octanol–water partition coefficient (Wildman–Crippen LogP) is 3.72. The molecule has 2 rings (SSSR count). The van der Waals surface area contributed by atoms with Gasteiger partial charge in [0.25, 0.3) is 0 Å². The number of amides is 1. The number of nitrogens with two attached hydrogens (primary N) is 1. The lowest BCUT2D eigenvalue weighted by molar-refractivity contribution is -0.125. The van der Waals surface area contributed by atoms with E-state index in [1.807, 2.05) is 51.1 Å². The Balaban J connectivity index is 0.00000338. The van der Waals surface area contributed by atoms with E-state index in [-0.39, 0.29) is 42.7 Å². The van der Waals surface area contributed by atoms with Gasteiger partial charge in [-0.3, -0.25) is 4.79 Å². The molecule has 1 amide bonds. The Morgan fingerprint density at radius 3 is 2.37 bits per heavy atom. The van der Waals surface area contributed by atoms with Crippen LogP contribution < -0.4 is 20.5 Å². The number of aromatic nitrogens is 1. The molecular formula is C19H27Cl2N3O3. The molecule has 3 N–H and O–H groups in total. The van der Waals surface area contributed by atoms with Crippen molar-refractivity contribution in [3.63, 3.8) is 0 Å². The van der Waals surface area contributed by atoms with Crippen LogP contribution >= 0.6 is 24.8 Å². The molecule has 2 unspecified atom stereocenters. The molecule has 0 fully saturated rings. The maximum Gasteiger partial charge on any atom is 0.224 e. The largest absolute Gasteiger partial charge is 0.490 e. The summed E-state index contributed by atoms with van der Waals surface area (Å²) in [6.45, 7) is 6.51. The van der Waals surface area contributed by atoms with Crippen molar-refractivity contribution in [2.45, 2.75) is 33.4 Å². The van der Waals surface area contributed by atoms with Crippen LogP contribution in [0, 0.1) is 5.92 Å². The standard InChI is InChI=1S/C19H25N3O3.2ClH/c1-4-24-16-7-5-6-8-17(16)25-18-10-9-15(11-21-18)12-22-19(23)13(2)14(3)20;;/h5-11,13-14H,4,12,20H2,1-3H3,(H,22,23);2*1H. The number of carbonyl (C=O) groups is 1. The molecule has 6 nitrogen and oxygen atoms in total. The van der Waals surface area contributed by atoms with Crippen LogP contribution in [0.15, 0.2) is 42.6 Å². The summed E-state index contributed by atoms with van der Waals surface area (Å²) in [6, 6.07) is 10.9. The average molecular weight is 416 g/mol. The van der Waals surface area contributed by atoms with Gasteiger partial charge in [-0.1, -0.05) is 25.1 Å². The molecule has 2 aromatic rings. The third kappa shape index (κ3) is 7.62. The van der Waals surface area contributed by atoms with E-state index in [2.05, 4.69) is 10.3 Å². The Kier molecular flexibility index (Phi) is 11.5. The lowest BCUT2D eigenvalue weighted by Gasteiger charge is -2.15. The third-order valence-electron chi connectivity index (χ3n) is 3.83. The zero-order chi connectivity index (χ0) is 18.2. The molecule has 0 spiro atoms. The minimum absolute atomic E-state index is 0. The lowest BCUT2D eigenvalue weighted by atomic mass is 10.0. The summed E-state index contributed by atoms with van der Waals surface area (Å²) in [6.07, 6.45) is 1.68. The van der Waals surface area contributed by atoms with Gasteiger partial charge in [-0.25, -0.2) is 4.98 Å². The molecule has 0 radical (unpaired) electrons. The Hall–Kier alpha value is -2.02. The Morgan fingerprint density at radius 2 is 1.81 bits per heavy atom. The number of rotatable bonds is 8. The first-order valence-corrected chi connectivity index (χ1v) is 8.39. The number of carbonyl (C=O) groups excluding carboxylic acids is 1. The monoisotopic (exact) mass is 415 g/mol. The first-order chi connectivity index (χ1) is 12.0. The number of para-hydroxylation sites is 2. The first kappa shape index (κ1) is 25.0. The molecule has 150 valence electrons. The van der Waals surface area contributed by atoms with Crippen molar-refractivity contribution in [3.8, 4) is 17.4 Å². The van der Waals surface area contributed by atoms with Crippen molar-refractivity contribution in [2.24, 2.45) is 11.7 Å². The van der Waals surface area contributed by atoms with Gasteiger partial charge in [0.15, 0.2) is 11.5 Å². The lowest BCUT2D eigenvalue weighted by Crippen LogP contribution is -2.38. The number of ether oxygens (including phenoxy) is 2. The smallest absolute Gasteiger partial charge is 0.224 e. The van der Waals surface area contributed by atoms with E-state index in [1.165, 1.54) is 0 Å². The van der Waals surface area contributed by atoms with E-state index in [4.69, 9.17) is 15.2 Å². The molecule has 1 aromatic carbocycles. The maximum absolute atomic E-state index is 11.9. The molecule has 2 atom stereocenters. The van der Waals surface area contributed by atoms with Crippen LogP contribution in [0.4, 0.5) is 0 Å². The normalized spacial score (nSPS) is 12.0. The summed E-state index contributed by atoms with van der Waals surface area (Å²) in [5, 5.41) is 2.86. The quantitative estimate of drug-likeness (QED) is 0.685. The summed E-state index contributed by atoms with van der Waals surface area (Å²) in [5.41, 5.74) is 6.62. The SMILES string of the molecule is CCOc1ccccc1Oc1ccc(CNC(=O)C(C)C(C)N)cn1.Cl.Cl. The van der Waals surface area contributed by atoms with Gasteiger partial charge in [0, 0.05) is 30.8 Å². The van der Waals surface area contributed by atoms with Crippen molar-refractivity contribution in [3.05, 3.63) is 48.2 Å². The van der Waals surface area contributed by atoms with Crippen LogP contribution in [-0.2, 0) is 11.3 Å². The van der Waals surface area contributed by atoms with E-state index in [9.17, 15) is 4.79 Å². The van der Waals surface area contributed by atoms with Gasteiger partial charge >= 0.3 is 0 Å². The van der Waals surface area contributed by atoms with Crippen molar-refractivity contribution in [1.82, 2.24) is 10.3 Å². The average Bonchev–Trinajstić information content (AvgIpc) is 2.62. The van der Waals surface area contributed by atoms with Crippen molar-refractivity contribution in [1.29, 1.82) is 0 Å². The molecule has 0 saturated carbocycles. The van der Waals surface area contributed by atoms with Gasteiger partial charge < -0.3 is 20.5 Å². The highest BCUT2D eigenvalue weighted by Crippen LogP contribution is 2.30. The van der Waals surface area contributed by atoms with Crippen molar-refractivity contribution >= 4 is 30.7 Å². The molecular weight excluding hydrogens is 389 g/mol. The maximum atomic E-state index is 11.9. The summed E-state index contributed by atoms with van der Waals surface area (Å²) in [7, 11) is 0. The number of benzene rings is 1. The highest BCUT2D eigenvalue weighted by atomic mass is 35.5. The molecule has 1 aromatic heterocycles. The summed E-state index contributed by atoms with van der Waals surface area (Å²) < 4.78 is 11.3. The van der Waals surface area contributed by atoms with E-state index >= 15 is 0 Å². The summed E-state index contributed by atoms with van der Waals surface area (Å²) >= 11 is 0. The highest BCUT2D eigenvalue weighted by molar-refractivity contribution is 5.85. The number of nitrogens with zero attached hydrogens (tertiary/aromatic N) is 1. The number of halogens is 2. The van der Waals surface area contributed by atoms with E-state index in [1.54, 1.807) is 12.3 Å². The van der Waals surface area contributed by atoms with Gasteiger partial charge in [-0.05, 0) is 31.5 Å². The fraction of sp³-hybridized carbons (Fsp3) is 0.368. The third-order valence-corrected chi connectivity index (χ3v) is 3.83. The molecule has 0 aliphatic rings. The number of hydrogen-bond donors (Lipinski definition) is 2. The Labute approximate surface area is 172 Å². The summed E-state index contributed by atoms with van der Waals surface area (Å²) in [5.74, 6) is 1.45. The van der Waals surface area contributed by atoms with Crippen LogP contribution in [0.2, 0.25) is 0 Å². The fourth-order valence-electron chi connectivity index (χ4n) is 2.09. The van der Waals surface area contributed by atoms with Gasteiger partial charge in [-0.15, -0.1) is 24.8 Å². The summed E-state index contributed by atoms with van der Waals surface area (Å²) in [4.78, 5) is 16.2. The first-order valence-electron chi connectivity index (χ1n) is 8.39. The predicted molar refractivity (Wildman–Crippen MR) is 111 cm³/mol. The zero-order valence-corrected chi connectivity index (χ0v) is 17.3. The molecule has 1 heterocycles. The van der Waals surface area contributed by atoms with Gasteiger partial charge in [0.2, 0.25) is 11.8 Å². The van der Waals surface area contributed by atoms with Crippen molar-refractivity contribution < 1.29 is 14.3 Å². The number of nitrogens with one attached hydrogen (secondary N) is 1. The van der Waals surface area contributed by atoms with Crippen LogP contribution in [0.25, 0.3) is 0 Å².